The van der Waals surface area contributed by atoms with Crippen molar-refractivity contribution >= 4 is 47.8 Å². The van der Waals surface area contributed by atoms with Gasteiger partial charge in [0, 0.05) is 19.3 Å². The fraction of sp³-hybridized carbons (Fsp3) is 0.182. The summed E-state index contributed by atoms with van der Waals surface area (Å²) in [7, 11) is 0. The summed E-state index contributed by atoms with van der Waals surface area (Å²) in [5.74, 6) is 2.64. The molecule has 0 bridgehead atoms. The molecule has 50 heavy (non-hydrogen) atoms. The normalized spacial score (nSPS) is 11.1. The zero-order valence-corrected chi connectivity index (χ0v) is 33.4. The van der Waals surface area contributed by atoms with Gasteiger partial charge in [0.15, 0.2) is 0 Å². The molecular formula is C44H39Br3O3. The van der Waals surface area contributed by atoms with Gasteiger partial charge in [0.1, 0.15) is 37.1 Å². The van der Waals surface area contributed by atoms with Gasteiger partial charge >= 0.3 is 0 Å². The summed E-state index contributed by atoms with van der Waals surface area (Å²) in [5, 5.41) is 0. The van der Waals surface area contributed by atoms with E-state index in [2.05, 4.69) is 154 Å². The topological polar surface area (TPSA) is 27.7 Å². The van der Waals surface area contributed by atoms with Gasteiger partial charge in [0.05, 0.1) is 0 Å². The largest absolute Gasteiger partial charge is 0.489 e. The number of hydrogen-bond donors (Lipinski definition) is 0. The Hall–Kier alpha value is -3.84. The Morgan fingerprint density at radius 1 is 0.420 bits per heavy atom. The fourth-order valence-corrected chi connectivity index (χ4v) is 7.13. The first kappa shape index (κ1) is 36.0. The van der Waals surface area contributed by atoms with E-state index in [4.69, 9.17) is 14.2 Å². The lowest BCUT2D eigenvalue weighted by molar-refractivity contribution is 0.301. The van der Waals surface area contributed by atoms with Crippen molar-refractivity contribution in [2.45, 2.75) is 53.4 Å². The quantitative estimate of drug-likeness (QED) is 0.115. The molecule has 0 unspecified atom stereocenters. The van der Waals surface area contributed by atoms with Gasteiger partial charge in [-0.15, -0.1) is 0 Å². The highest BCUT2D eigenvalue weighted by Gasteiger charge is 2.22. The molecule has 0 spiro atoms. The molecule has 0 amide bonds. The highest BCUT2D eigenvalue weighted by Crippen LogP contribution is 2.40. The van der Waals surface area contributed by atoms with Gasteiger partial charge in [-0.1, -0.05) is 121 Å². The van der Waals surface area contributed by atoms with Gasteiger partial charge < -0.3 is 14.2 Å². The van der Waals surface area contributed by atoms with E-state index in [9.17, 15) is 0 Å². The zero-order chi connectivity index (χ0) is 35.2. The Balaban J connectivity index is 1.34. The summed E-state index contributed by atoms with van der Waals surface area (Å²) >= 11 is 10.6. The van der Waals surface area contributed by atoms with E-state index >= 15 is 0 Å². The highest BCUT2D eigenvalue weighted by atomic mass is 79.9. The summed E-state index contributed by atoms with van der Waals surface area (Å²) in [6.07, 6.45) is 0. The first-order valence-electron chi connectivity index (χ1n) is 16.6. The van der Waals surface area contributed by atoms with Crippen LogP contribution in [0.15, 0.2) is 135 Å². The predicted octanol–water partition coefficient (Wildman–Crippen LogP) is 13.1. The maximum absolute atomic E-state index is 6.41. The monoisotopic (exact) mass is 852 g/mol. The van der Waals surface area contributed by atoms with Crippen molar-refractivity contribution in [3.05, 3.63) is 190 Å². The van der Waals surface area contributed by atoms with E-state index in [-0.39, 0.29) is 5.92 Å². The van der Waals surface area contributed by atoms with E-state index in [0.29, 0.717) is 19.8 Å². The molecule has 6 aromatic rings. The fourth-order valence-electron chi connectivity index (χ4n) is 6.34. The van der Waals surface area contributed by atoms with E-state index in [0.717, 1.165) is 75.2 Å². The second kappa shape index (κ2) is 16.5. The Labute approximate surface area is 321 Å². The van der Waals surface area contributed by atoms with Crippen LogP contribution in [0.1, 0.15) is 61.6 Å². The molecule has 0 saturated carbocycles. The second-order valence-corrected chi connectivity index (χ2v) is 15.5. The minimum absolute atomic E-state index is 0.0397. The predicted molar refractivity (Wildman–Crippen MR) is 215 cm³/mol. The average molecular weight is 856 g/mol. The van der Waals surface area contributed by atoms with Crippen LogP contribution in [0, 0.1) is 27.7 Å². The Kier molecular flexibility index (Phi) is 11.8. The molecule has 3 nitrogen and oxygen atoms in total. The van der Waals surface area contributed by atoms with E-state index < -0.39 is 0 Å². The minimum Gasteiger partial charge on any atom is -0.489 e. The van der Waals surface area contributed by atoms with E-state index in [1.54, 1.807) is 0 Å². The van der Waals surface area contributed by atoms with Crippen LogP contribution in [0.3, 0.4) is 0 Å². The van der Waals surface area contributed by atoms with Crippen LogP contribution < -0.4 is 14.2 Å². The lowest BCUT2D eigenvalue weighted by Crippen LogP contribution is -2.08. The first-order valence-corrected chi connectivity index (χ1v) is 18.9. The highest BCUT2D eigenvalue weighted by molar-refractivity contribution is 9.11. The molecule has 6 heteroatoms. The maximum Gasteiger partial charge on any atom is 0.125 e. The molecule has 0 aliphatic rings. The summed E-state index contributed by atoms with van der Waals surface area (Å²) in [4.78, 5) is 0. The molecule has 0 radical (unpaired) electrons. The third kappa shape index (κ3) is 9.08. The Morgan fingerprint density at radius 2 is 0.780 bits per heavy atom. The Morgan fingerprint density at radius 3 is 1.16 bits per heavy atom. The van der Waals surface area contributed by atoms with Crippen LogP contribution in [0.25, 0.3) is 0 Å². The van der Waals surface area contributed by atoms with E-state index in [1.807, 2.05) is 42.5 Å². The number of aryl methyl sites for hydroxylation is 4. The number of benzene rings is 6. The second-order valence-electron chi connectivity index (χ2n) is 12.7. The van der Waals surface area contributed by atoms with Gasteiger partial charge in [-0.2, -0.15) is 0 Å². The molecule has 0 aromatic heterocycles. The standard InChI is InChI=1S/C44H39Br3O3/c1-28-20-36(21-29(2)43(28)49-26-33-10-16-39(46)17-11-33)42(35-6-5-7-41(24-35)48-25-32-8-14-38(45)15-9-32)37-22-30(3)44(31(4)23-37)50-27-34-12-18-40(47)19-13-34/h5-24,42H,25-27H2,1-4H3. The third-order valence-corrected chi connectivity index (χ3v) is 10.3. The summed E-state index contributed by atoms with van der Waals surface area (Å²) in [5.41, 5.74) is 11.3. The van der Waals surface area contributed by atoms with Crippen LogP contribution in [-0.2, 0) is 19.8 Å². The lowest BCUT2D eigenvalue weighted by atomic mass is 9.82. The molecule has 0 aliphatic carbocycles. The van der Waals surface area contributed by atoms with E-state index in [1.165, 1.54) is 11.1 Å². The van der Waals surface area contributed by atoms with Crippen LogP contribution in [0.2, 0.25) is 0 Å². The maximum atomic E-state index is 6.41. The number of rotatable bonds is 12. The van der Waals surface area contributed by atoms with Gasteiger partial charge in [-0.25, -0.2) is 0 Å². The van der Waals surface area contributed by atoms with Crippen LogP contribution in [-0.4, -0.2) is 0 Å². The molecule has 0 heterocycles. The van der Waals surface area contributed by atoms with Crippen molar-refractivity contribution in [1.82, 2.24) is 0 Å². The molecular weight excluding hydrogens is 816 g/mol. The molecule has 6 rings (SSSR count). The average Bonchev–Trinajstić information content (AvgIpc) is 3.09. The van der Waals surface area contributed by atoms with Gasteiger partial charge in [0.2, 0.25) is 0 Å². The van der Waals surface area contributed by atoms with Crippen LogP contribution in [0.5, 0.6) is 17.2 Å². The third-order valence-electron chi connectivity index (χ3n) is 8.74. The summed E-state index contributed by atoms with van der Waals surface area (Å²) < 4.78 is 22.3. The first-order chi connectivity index (χ1) is 24.1. The van der Waals surface area contributed by atoms with Crippen molar-refractivity contribution in [3.63, 3.8) is 0 Å². The number of ether oxygens (including phenoxy) is 3. The van der Waals surface area contributed by atoms with Crippen molar-refractivity contribution in [3.8, 4) is 17.2 Å². The van der Waals surface area contributed by atoms with Crippen molar-refractivity contribution < 1.29 is 14.2 Å². The van der Waals surface area contributed by atoms with Crippen molar-refractivity contribution in [2.75, 3.05) is 0 Å². The molecule has 0 fully saturated rings. The summed E-state index contributed by atoms with van der Waals surface area (Å²) in [6.45, 7) is 10.1. The molecule has 254 valence electrons. The van der Waals surface area contributed by atoms with Crippen molar-refractivity contribution in [2.24, 2.45) is 0 Å². The van der Waals surface area contributed by atoms with Gasteiger partial charge in [-0.05, 0) is 132 Å². The SMILES string of the molecule is Cc1cc(C(c2cccc(OCc3ccc(Br)cc3)c2)c2cc(C)c(OCc3ccc(Br)cc3)c(C)c2)cc(C)c1OCc1ccc(Br)cc1. The van der Waals surface area contributed by atoms with Crippen LogP contribution >= 0.6 is 47.8 Å². The minimum atomic E-state index is -0.0397. The molecule has 0 atom stereocenters. The Bertz CT molecular complexity index is 1920. The zero-order valence-electron chi connectivity index (χ0n) is 28.6. The molecule has 6 aromatic carbocycles. The molecule has 0 aliphatic heterocycles. The van der Waals surface area contributed by atoms with Crippen LogP contribution in [0.4, 0.5) is 0 Å². The lowest BCUT2D eigenvalue weighted by Gasteiger charge is -2.24. The van der Waals surface area contributed by atoms with Gasteiger partial charge in [0.25, 0.3) is 0 Å². The summed E-state index contributed by atoms with van der Waals surface area (Å²) in [6, 6.07) is 42.3. The molecule has 0 N–H and O–H groups in total. The smallest absolute Gasteiger partial charge is 0.125 e. The van der Waals surface area contributed by atoms with Gasteiger partial charge in [-0.3, -0.25) is 0 Å². The number of hydrogen-bond acceptors (Lipinski definition) is 3. The number of halogens is 3. The van der Waals surface area contributed by atoms with Crippen molar-refractivity contribution in [1.29, 1.82) is 0 Å². The molecule has 0 saturated heterocycles.